The van der Waals surface area contributed by atoms with Crippen molar-refractivity contribution < 1.29 is 0 Å². The lowest BCUT2D eigenvalue weighted by atomic mass is 10.1. The minimum absolute atomic E-state index is 0.711. The summed E-state index contributed by atoms with van der Waals surface area (Å²) in [5, 5.41) is 6.04. The van der Waals surface area contributed by atoms with E-state index in [9.17, 15) is 0 Å². The van der Waals surface area contributed by atoms with E-state index >= 15 is 0 Å². The zero-order chi connectivity index (χ0) is 12.8. The number of thioether (sulfide) groups is 1. The van der Waals surface area contributed by atoms with Crippen LogP contribution in [0, 0.1) is 5.92 Å². The monoisotopic (exact) mass is 260 g/mol. The zero-order valence-corrected chi connectivity index (χ0v) is 11.8. The maximum Gasteiger partial charge on any atom is 0.0346 e. The van der Waals surface area contributed by atoms with Gasteiger partial charge in [0.1, 0.15) is 0 Å². The maximum absolute atomic E-state index is 4.30. The van der Waals surface area contributed by atoms with E-state index in [0.29, 0.717) is 5.92 Å². The van der Waals surface area contributed by atoms with Crippen LogP contribution in [0.1, 0.15) is 12.5 Å². The van der Waals surface area contributed by atoms with E-state index in [-0.39, 0.29) is 0 Å². The van der Waals surface area contributed by atoms with Crippen LogP contribution in [-0.2, 0) is 6.54 Å². The van der Waals surface area contributed by atoms with Gasteiger partial charge in [-0.3, -0.25) is 4.98 Å². The van der Waals surface area contributed by atoms with Gasteiger partial charge in [0, 0.05) is 24.3 Å². The Balaban J connectivity index is 1.99. The summed E-state index contributed by atoms with van der Waals surface area (Å²) in [5.74, 6) is 1.92. The van der Waals surface area contributed by atoms with Crippen LogP contribution in [0.15, 0.2) is 36.7 Å². The number of hydrogen-bond acceptors (Lipinski definition) is 3. The van der Waals surface area contributed by atoms with Crippen molar-refractivity contribution in [1.82, 2.24) is 10.3 Å². The lowest BCUT2D eigenvalue weighted by Gasteiger charge is -2.12. The molecule has 0 amide bonds. The van der Waals surface area contributed by atoms with Crippen molar-refractivity contribution in [3.63, 3.8) is 0 Å². The SMILES string of the molecule is CSCC(C)CNCc1cncc2ccccc12. The summed E-state index contributed by atoms with van der Waals surface area (Å²) < 4.78 is 0. The van der Waals surface area contributed by atoms with Crippen molar-refractivity contribution in [2.45, 2.75) is 13.5 Å². The Morgan fingerprint density at radius 3 is 2.94 bits per heavy atom. The molecule has 1 heterocycles. The highest BCUT2D eigenvalue weighted by atomic mass is 32.2. The Hall–Kier alpha value is -1.06. The van der Waals surface area contributed by atoms with Crippen LogP contribution in [0.2, 0.25) is 0 Å². The van der Waals surface area contributed by atoms with Gasteiger partial charge in [-0.2, -0.15) is 11.8 Å². The fourth-order valence-electron chi connectivity index (χ4n) is 2.12. The van der Waals surface area contributed by atoms with Crippen LogP contribution in [0.4, 0.5) is 0 Å². The number of nitrogens with zero attached hydrogens (tertiary/aromatic N) is 1. The third-order valence-corrected chi connectivity index (χ3v) is 3.91. The summed E-state index contributed by atoms with van der Waals surface area (Å²) in [6.45, 7) is 4.24. The van der Waals surface area contributed by atoms with Gasteiger partial charge in [-0.05, 0) is 35.4 Å². The summed E-state index contributed by atoms with van der Waals surface area (Å²) in [6.07, 6.45) is 6.05. The second-order valence-electron chi connectivity index (χ2n) is 4.71. The molecule has 2 aromatic rings. The Labute approximate surface area is 113 Å². The number of nitrogens with one attached hydrogen (secondary N) is 1. The first-order chi connectivity index (χ1) is 8.81. The minimum Gasteiger partial charge on any atom is -0.312 e. The Bertz CT molecular complexity index is 493. The molecule has 0 fully saturated rings. The van der Waals surface area contributed by atoms with Crippen LogP contribution in [0.25, 0.3) is 10.8 Å². The lowest BCUT2D eigenvalue weighted by Crippen LogP contribution is -2.22. The average Bonchev–Trinajstić information content (AvgIpc) is 2.39. The number of pyridine rings is 1. The zero-order valence-electron chi connectivity index (χ0n) is 11.0. The minimum atomic E-state index is 0.711. The molecule has 3 heteroatoms. The molecule has 0 saturated heterocycles. The van der Waals surface area contributed by atoms with E-state index in [4.69, 9.17) is 0 Å². The van der Waals surface area contributed by atoms with Crippen molar-refractivity contribution in [2.24, 2.45) is 5.92 Å². The topological polar surface area (TPSA) is 24.9 Å². The van der Waals surface area contributed by atoms with E-state index in [0.717, 1.165) is 13.1 Å². The van der Waals surface area contributed by atoms with Crippen molar-refractivity contribution in [1.29, 1.82) is 0 Å². The molecule has 1 atom stereocenters. The van der Waals surface area contributed by atoms with E-state index in [1.54, 1.807) is 0 Å². The molecule has 96 valence electrons. The standard InChI is InChI=1S/C15H20N2S/c1-12(11-18-2)7-16-9-14-10-17-8-13-5-3-4-6-15(13)14/h3-6,8,10,12,16H,7,9,11H2,1-2H3. The molecule has 0 saturated carbocycles. The number of fused-ring (bicyclic) bond motifs is 1. The fraction of sp³-hybridized carbons (Fsp3) is 0.400. The first-order valence-corrected chi connectivity index (χ1v) is 7.72. The predicted octanol–water partition coefficient (Wildman–Crippen LogP) is 3.32. The van der Waals surface area contributed by atoms with E-state index < -0.39 is 0 Å². The maximum atomic E-state index is 4.30. The van der Waals surface area contributed by atoms with Gasteiger partial charge in [-0.25, -0.2) is 0 Å². The normalized spacial score (nSPS) is 12.8. The smallest absolute Gasteiger partial charge is 0.0346 e. The highest BCUT2D eigenvalue weighted by Crippen LogP contribution is 2.16. The predicted molar refractivity (Wildman–Crippen MR) is 81.0 cm³/mol. The van der Waals surface area contributed by atoms with Gasteiger partial charge in [-0.15, -0.1) is 0 Å². The Morgan fingerprint density at radius 2 is 2.11 bits per heavy atom. The molecule has 1 aromatic heterocycles. The second-order valence-corrected chi connectivity index (χ2v) is 5.62. The number of rotatable bonds is 6. The van der Waals surface area contributed by atoms with Gasteiger partial charge in [-0.1, -0.05) is 31.2 Å². The molecule has 1 N–H and O–H groups in total. The molecule has 1 aromatic carbocycles. The van der Waals surface area contributed by atoms with Gasteiger partial charge in [0.25, 0.3) is 0 Å². The molecule has 0 aliphatic carbocycles. The second kappa shape index (κ2) is 6.76. The van der Waals surface area contributed by atoms with E-state index in [1.165, 1.54) is 22.1 Å². The fourth-order valence-corrected chi connectivity index (χ4v) is 2.80. The van der Waals surface area contributed by atoms with Crippen LogP contribution < -0.4 is 5.32 Å². The molecule has 0 aliphatic heterocycles. The van der Waals surface area contributed by atoms with Crippen LogP contribution in [0.3, 0.4) is 0 Å². The molecule has 0 aliphatic rings. The number of hydrogen-bond donors (Lipinski definition) is 1. The molecular formula is C15H20N2S. The van der Waals surface area contributed by atoms with Crippen LogP contribution >= 0.6 is 11.8 Å². The highest BCUT2D eigenvalue weighted by Gasteiger charge is 2.03. The van der Waals surface area contributed by atoms with Gasteiger partial charge in [0.2, 0.25) is 0 Å². The average molecular weight is 260 g/mol. The van der Waals surface area contributed by atoms with Crippen molar-refractivity contribution in [3.05, 3.63) is 42.2 Å². The largest absolute Gasteiger partial charge is 0.312 e. The highest BCUT2D eigenvalue weighted by molar-refractivity contribution is 7.98. The quantitative estimate of drug-likeness (QED) is 0.862. The van der Waals surface area contributed by atoms with Crippen molar-refractivity contribution in [2.75, 3.05) is 18.6 Å². The van der Waals surface area contributed by atoms with Crippen LogP contribution in [-0.4, -0.2) is 23.5 Å². The molecule has 18 heavy (non-hydrogen) atoms. The Kier molecular flexibility index (Phi) is 5.02. The molecule has 2 rings (SSSR count). The van der Waals surface area contributed by atoms with E-state index in [1.807, 2.05) is 24.2 Å². The summed E-state index contributed by atoms with van der Waals surface area (Å²) in [6, 6.07) is 8.42. The number of benzene rings is 1. The van der Waals surface area contributed by atoms with Gasteiger partial charge < -0.3 is 5.32 Å². The van der Waals surface area contributed by atoms with Crippen molar-refractivity contribution >= 4 is 22.5 Å². The van der Waals surface area contributed by atoms with Gasteiger partial charge in [0.15, 0.2) is 0 Å². The first kappa shape index (κ1) is 13.4. The molecule has 0 radical (unpaired) electrons. The van der Waals surface area contributed by atoms with Crippen molar-refractivity contribution in [3.8, 4) is 0 Å². The molecule has 1 unspecified atom stereocenters. The Morgan fingerprint density at radius 1 is 1.28 bits per heavy atom. The lowest BCUT2D eigenvalue weighted by molar-refractivity contribution is 0.560. The third kappa shape index (κ3) is 3.47. The molecule has 2 nitrogen and oxygen atoms in total. The first-order valence-electron chi connectivity index (χ1n) is 6.32. The van der Waals surface area contributed by atoms with Gasteiger partial charge >= 0.3 is 0 Å². The summed E-state index contributed by atoms with van der Waals surface area (Å²) in [5.41, 5.74) is 1.28. The van der Waals surface area contributed by atoms with Gasteiger partial charge in [0.05, 0.1) is 0 Å². The van der Waals surface area contributed by atoms with E-state index in [2.05, 4.69) is 47.7 Å². The number of aromatic nitrogens is 1. The summed E-state index contributed by atoms with van der Waals surface area (Å²) in [4.78, 5) is 4.30. The third-order valence-electron chi connectivity index (χ3n) is 3.01. The summed E-state index contributed by atoms with van der Waals surface area (Å²) in [7, 11) is 0. The van der Waals surface area contributed by atoms with Crippen LogP contribution in [0.5, 0.6) is 0 Å². The molecule has 0 bridgehead atoms. The molecular weight excluding hydrogens is 240 g/mol. The molecule has 0 spiro atoms. The summed E-state index contributed by atoms with van der Waals surface area (Å²) >= 11 is 1.91.